The van der Waals surface area contributed by atoms with Gasteiger partial charge in [0.25, 0.3) is 0 Å². The predicted molar refractivity (Wildman–Crippen MR) is 170 cm³/mol. The standard InChI is InChI=1S/C34H38ClN5O4/c1-24(31(41)37-22-34(2,3)27-12-8-5-9-13-27)40(20-25-14-16-28(35)17-15-25)32(42)30(18-29-19-36-23-38-29)39-33(43)44-21-26-10-6-4-7-11-26/h4-17,19,23-24,30H,18,20-22H2,1-3H3,(H,36,38)(H,37,41)(H,39,43)/t24?,30-/m0/s1. The van der Waals surface area contributed by atoms with E-state index in [0.29, 0.717) is 17.3 Å². The molecule has 0 saturated heterocycles. The molecule has 9 nitrogen and oxygen atoms in total. The van der Waals surface area contributed by atoms with Crippen LogP contribution in [0.15, 0.2) is 97.5 Å². The molecule has 0 bridgehead atoms. The first-order chi connectivity index (χ1) is 21.1. The maximum Gasteiger partial charge on any atom is 0.408 e. The van der Waals surface area contributed by atoms with Crippen LogP contribution in [0, 0.1) is 0 Å². The van der Waals surface area contributed by atoms with Crippen LogP contribution in [0.2, 0.25) is 5.02 Å². The number of halogens is 1. The highest BCUT2D eigenvalue weighted by molar-refractivity contribution is 6.30. The maximum absolute atomic E-state index is 14.2. The number of hydrogen-bond donors (Lipinski definition) is 3. The Kier molecular flexibility index (Phi) is 11.2. The van der Waals surface area contributed by atoms with E-state index < -0.39 is 24.1 Å². The van der Waals surface area contributed by atoms with Crippen LogP contribution in [0.5, 0.6) is 0 Å². The zero-order valence-electron chi connectivity index (χ0n) is 25.1. The molecule has 0 fully saturated rings. The number of ether oxygens (including phenoxy) is 1. The molecule has 0 radical (unpaired) electrons. The van der Waals surface area contributed by atoms with Crippen LogP contribution >= 0.6 is 11.6 Å². The van der Waals surface area contributed by atoms with Crippen LogP contribution in [0.3, 0.4) is 0 Å². The summed E-state index contributed by atoms with van der Waals surface area (Å²) < 4.78 is 5.42. The molecule has 0 aliphatic rings. The van der Waals surface area contributed by atoms with Crippen molar-refractivity contribution < 1.29 is 19.1 Å². The summed E-state index contributed by atoms with van der Waals surface area (Å²) >= 11 is 6.10. The fourth-order valence-corrected chi connectivity index (χ4v) is 4.83. The van der Waals surface area contributed by atoms with Gasteiger partial charge in [-0.15, -0.1) is 0 Å². The summed E-state index contributed by atoms with van der Waals surface area (Å²) in [6.07, 6.45) is 2.45. The largest absolute Gasteiger partial charge is 0.445 e. The number of aromatic amines is 1. The third-order valence-electron chi connectivity index (χ3n) is 7.44. The van der Waals surface area contributed by atoms with Gasteiger partial charge in [-0.1, -0.05) is 98.2 Å². The van der Waals surface area contributed by atoms with E-state index in [9.17, 15) is 14.4 Å². The normalized spacial score (nSPS) is 12.5. The van der Waals surface area contributed by atoms with Gasteiger partial charge in [0.1, 0.15) is 18.7 Å². The van der Waals surface area contributed by atoms with Gasteiger partial charge in [-0.05, 0) is 35.7 Å². The molecule has 3 amide bonds. The lowest BCUT2D eigenvalue weighted by Gasteiger charge is -2.33. The molecule has 1 aromatic heterocycles. The Bertz CT molecular complexity index is 1500. The number of nitrogens with one attached hydrogen (secondary N) is 3. The summed E-state index contributed by atoms with van der Waals surface area (Å²) in [7, 11) is 0. The van der Waals surface area contributed by atoms with E-state index in [1.54, 1.807) is 37.4 Å². The van der Waals surface area contributed by atoms with Crippen LogP contribution in [0.4, 0.5) is 4.79 Å². The number of amides is 3. The molecule has 3 N–H and O–H groups in total. The summed E-state index contributed by atoms with van der Waals surface area (Å²) in [5, 5.41) is 6.31. The number of aromatic nitrogens is 2. The fourth-order valence-electron chi connectivity index (χ4n) is 4.70. The smallest absolute Gasteiger partial charge is 0.408 e. The van der Waals surface area contributed by atoms with Crippen LogP contribution in [-0.4, -0.2) is 51.4 Å². The highest BCUT2D eigenvalue weighted by atomic mass is 35.5. The van der Waals surface area contributed by atoms with Gasteiger partial charge >= 0.3 is 6.09 Å². The molecule has 4 rings (SSSR count). The van der Waals surface area contributed by atoms with Gasteiger partial charge in [0.05, 0.1) is 6.33 Å². The highest BCUT2D eigenvalue weighted by Crippen LogP contribution is 2.22. The molecule has 10 heteroatoms. The van der Waals surface area contributed by atoms with Crippen molar-refractivity contribution in [1.29, 1.82) is 0 Å². The van der Waals surface area contributed by atoms with E-state index in [-0.39, 0.29) is 30.9 Å². The molecule has 1 heterocycles. The summed E-state index contributed by atoms with van der Waals surface area (Å²) in [4.78, 5) is 49.2. The van der Waals surface area contributed by atoms with Crippen molar-refractivity contribution >= 4 is 29.5 Å². The van der Waals surface area contributed by atoms with Gasteiger partial charge in [0.2, 0.25) is 11.8 Å². The lowest BCUT2D eigenvalue weighted by atomic mass is 9.84. The van der Waals surface area contributed by atoms with Crippen molar-refractivity contribution in [1.82, 2.24) is 25.5 Å². The molecule has 0 aliphatic heterocycles. The van der Waals surface area contributed by atoms with Gasteiger partial charge in [0, 0.05) is 41.8 Å². The molecule has 44 heavy (non-hydrogen) atoms. The molecule has 230 valence electrons. The number of carbonyl (C=O) groups is 3. The first-order valence-electron chi connectivity index (χ1n) is 14.4. The minimum absolute atomic E-state index is 0.0438. The Balaban J connectivity index is 1.54. The minimum Gasteiger partial charge on any atom is -0.445 e. The average Bonchev–Trinajstić information content (AvgIpc) is 3.55. The molecular weight excluding hydrogens is 578 g/mol. The highest BCUT2D eigenvalue weighted by Gasteiger charge is 2.34. The Morgan fingerprint density at radius 2 is 1.61 bits per heavy atom. The van der Waals surface area contributed by atoms with E-state index in [0.717, 1.165) is 16.7 Å². The minimum atomic E-state index is -1.04. The van der Waals surface area contributed by atoms with Crippen LogP contribution < -0.4 is 10.6 Å². The van der Waals surface area contributed by atoms with E-state index in [1.807, 2.05) is 60.7 Å². The molecular formula is C34H38ClN5O4. The number of alkyl carbamates (subject to hydrolysis) is 1. The maximum atomic E-state index is 14.2. The van der Waals surface area contributed by atoms with Crippen LogP contribution in [0.25, 0.3) is 0 Å². The Morgan fingerprint density at radius 3 is 2.25 bits per heavy atom. The number of benzene rings is 3. The number of hydrogen-bond acceptors (Lipinski definition) is 5. The second-order valence-corrected chi connectivity index (χ2v) is 11.7. The molecule has 0 saturated carbocycles. The predicted octanol–water partition coefficient (Wildman–Crippen LogP) is 5.41. The van der Waals surface area contributed by atoms with E-state index in [2.05, 4.69) is 34.4 Å². The fraction of sp³-hybridized carbons (Fsp3) is 0.294. The zero-order valence-corrected chi connectivity index (χ0v) is 25.9. The van der Waals surface area contributed by atoms with E-state index in [4.69, 9.17) is 16.3 Å². The number of nitrogens with zero attached hydrogens (tertiary/aromatic N) is 2. The van der Waals surface area contributed by atoms with E-state index in [1.165, 1.54) is 11.2 Å². The topological polar surface area (TPSA) is 116 Å². The summed E-state index contributed by atoms with van der Waals surface area (Å²) in [6, 6.07) is 24.3. The van der Waals surface area contributed by atoms with Crippen molar-refractivity contribution in [3.05, 3.63) is 125 Å². The van der Waals surface area contributed by atoms with Crippen LogP contribution in [0.1, 0.15) is 43.2 Å². The zero-order chi connectivity index (χ0) is 31.5. The second kappa shape index (κ2) is 15.2. The number of imidazole rings is 1. The van der Waals surface area contributed by atoms with E-state index >= 15 is 0 Å². The van der Waals surface area contributed by atoms with Crippen molar-refractivity contribution in [2.45, 2.75) is 57.8 Å². The van der Waals surface area contributed by atoms with Gasteiger partial charge in [-0.25, -0.2) is 9.78 Å². The Labute approximate surface area is 263 Å². The van der Waals surface area contributed by atoms with Gasteiger partial charge in [-0.2, -0.15) is 0 Å². The van der Waals surface area contributed by atoms with Gasteiger partial charge in [0.15, 0.2) is 0 Å². The molecule has 3 aromatic carbocycles. The van der Waals surface area contributed by atoms with Gasteiger partial charge < -0.3 is 25.3 Å². The number of rotatable bonds is 13. The number of H-pyrrole nitrogens is 1. The lowest BCUT2D eigenvalue weighted by Crippen LogP contribution is -2.56. The molecule has 1 unspecified atom stereocenters. The molecule has 4 aromatic rings. The molecule has 0 aliphatic carbocycles. The van der Waals surface area contributed by atoms with Gasteiger partial charge in [-0.3, -0.25) is 9.59 Å². The molecule has 2 atom stereocenters. The monoisotopic (exact) mass is 615 g/mol. The Morgan fingerprint density at radius 1 is 0.955 bits per heavy atom. The summed E-state index contributed by atoms with van der Waals surface area (Å²) in [5.41, 5.74) is 2.97. The second-order valence-electron chi connectivity index (χ2n) is 11.3. The van der Waals surface area contributed by atoms with Crippen molar-refractivity contribution in [3.8, 4) is 0 Å². The first-order valence-corrected chi connectivity index (χ1v) is 14.8. The summed E-state index contributed by atoms with van der Waals surface area (Å²) in [6.45, 7) is 6.31. The third kappa shape index (κ3) is 9.18. The third-order valence-corrected chi connectivity index (χ3v) is 7.69. The van der Waals surface area contributed by atoms with Crippen LogP contribution in [-0.2, 0) is 39.3 Å². The quantitative estimate of drug-likeness (QED) is 0.186. The SMILES string of the molecule is CC(C(=O)NCC(C)(C)c1ccccc1)N(Cc1ccc(Cl)cc1)C(=O)[C@H](Cc1cnc[nH]1)NC(=O)OCc1ccccc1. The van der Waals surface area contributed by atoms with Crippen molar-refractivity contribution in [2.75, 3.05) is 6.54 Å². The Hall–Kier alpha value is -4.63. The number of carbonyl (C=O) groups excluding carboxylic acids is 3. The summed E-state index contributed by atoms with van der Waals surface area (Å²) in [5.74, 6) is -0.764. The molecule has 0 spiro atoms. The lowest BCUT2D eigenvalue weighted by molar-refractivity contribution is -0.142. The van der Waals surface area contributed by atoms with Crippen molar-refractivity contribution in [3.63, 3.8) is 0 Å². The van der Waals surface area contributed by atoms with Crippen molar-refractivity contribution in [2.24, 2.45) is 0 Å². The average molecular weight is 616 g/mol. The first kappa shape index (κ1) is 32.3.